The van der Waals surface area contributed by atoms with Crippen LogP contribution in [0.1, 0.15) is 36.8 Å². The summed E-state index contributed by atoms with van der Waals surface area (Å²) in [4.78, 5) is 13.1. The fraction of sp³-hybridized carbons (Fsp3) is 0.357. The molecular weight excluding hydrogens is 254 g/mol. The van der Waals surface area contributed by atoms with E-state index in [4.69, 9.17) is 10.6 Å². The highest BCUT2D eigenvalue weighted by Crippen LogP contribution is 2.17. The van der Waals surface area contributed by atoms with E-state index in [0.29, 0.717) is 24.0 Å². The molecule has 0 radical (unpaired) electrons. The summed E-state index contributed by atoms with van der Waals surface area (Å²) in [5, 5.41) is 0. The third-order valence-electron chi connectivity index (χ3n) is 2.90. The zero-order valence-corrected chi connectivity index (χ0v) is 11.9. The fourth-order valence-corrected chi connectivity index (χ4v) is 1.79. The quantitative estimate of drug-likeness (QED) is 0.639. The normalized spacial score (nSPS) is 10.7. The van der Waals surface area contributed by atoms with Crippen LogP contribution in [0.5, 0.6) is 5.88 Å². The van der Waals surface area contributed by atoms with Gasteiger partial charge in [0.25, 0.3) is 0 Å². The monoisotopic (exact) mass is 273 g/mol. The Morgan fingerprint density at radius 2 is 2.10 bits per heavy atom. The summed E-state index contributed by atoms with van der Waals surface area (Å²) in [6, 6.07) is 5.64. The van der Waals surface area contributed by atoms with Crippen molar-refractivity contribution in [2.24, 2.45) is 5.84 Å². The van der Waals surface area contributed by atoms with Crippen molar-refractivity contribution in [1.82, 2.24) is 15.0 Å². The van der Waals surface area contributed by atoms with Crippen LogP contribution in [0.3, 0.4) is 0 Å². The number of nitrogens with two attached hydrogens (primary N) is 1. The number of rotatable bonds is 5. The lowest BCUT2D eigenvalue weighted by atomic mass is 10.1. The number of methoxy groups -OCH3 is 1. The van der Waals surface area contributed by atoms with Crippen molar-refractivity contribution >= 4 is 5.82 Å². The summed E-state index contributed by atoms with van der Waals surface area (Å²) in [5.74, 6) is 7.70. The number of pyridine rings is 1. The topological polar surface area (TPSA) is 86.0 Å². The second-order valence-electron chi connectivity index (χ2n) is 4.78. The Bertz CT molecular complexity index is 568. The van der Waals surface area contributed by atoms with Crippen LogP contribution in [0, 0.1) is 0 Å². The largest absolute Gasteiger partial charge is 0.481 e. The Morgan fingerprint density at radius 1 is 1.30 bits per heavy atom. The summed E-state index contributed by atoms with van der Waals surface area (Å²) >= 11 is 0. The number of aromatic nitrogens is 3. The molecule has 0 atom stereocenters. The highest BCUT2D eigenvalue weighted by Gasteiger charge is 2.08. The van der Waals surface area contributed by atoms with Gasteiger partial charge in [-0.15, -0.1) is 0 Å². The molecule has 0 aliphatic rings. The van der Waals surface area contributed by atoms with Crippen molar-refractivity contribution in [2.45, 2.75) is 26.2 Å². The van der Waals surface area contributed by atoms with Crippen LogP contribution in [-0.2, 0) is 6.42 Å². The van der Waals surface area contributed by atoms with Crippen LogP contribution in [-0.4, -0.2) is 22.1 Å². The first-order valence-corrected chi connectivity index (χ1v) is 6.45. The van der Waals surface area contributed by atoms with E-state index in [2.05, 4.69) is 34.2 Å². The molecule has 6 heteroatoms. The Balaban J connectivity index is 2.24. The van der Waals surface area contributed by atoms with E-state index in [1.165, 1.54) is 0 Å². The molecule has 2 aromatic heterocycles. The molecule has 0 fully saturated rings. The molecular formula is C14H19N5O. The SMILES string of the molecule is COc1ccc(Cc2nc(NN)cc(C(C)C)n2)cn1. The minimum absolute atomic E-state index is 0.317. The average Bonchev–Trinajstić information content (AvgIpc) is 2.47. The van der Waals surface area contributed by atoms with Crippen molar-refractivity contribution in [1.29, 1.82) is 0 Å². The molecule has 0 bridgehead atoms. The van der Waals surface area contributed by atoms with Crippen molar-refractivity contribution in [3.8, 4) is 5.88 Å². The number of anilines is 1. The van der Waals surface area contributed by atoms with Gasteiger partial charge in [-0.1, -0.05) is 19.9 Å². The Hall–Kier alpha value is -2.21. The summed E-state index contributed by atoms with van der Waals surface area (Å²) in [5.41, 5.74) is 4.57. The van der Waals surface area contributed by atoms with E-state index in [9.17, 15) is 0 Å². The molecule has 106 valence electrons. The van der Waals surface area contributed by atoms with Gasteiger partial charge in [0.15, 0.2) is 0 Å². The summed E-state index contributed by atoms with van der Waals surface area (Å²) < 4.78 is 5.04. The first-order chi connectivity index (χ1) is 9.62. The molecule has 0 amide bonds. The van der Waals surface area contributed by atoms with Gasteiger partial charge in [-0.05, 0) is 11.5 Å². The third kappa shape index (κ3) is 3.42. The van der Waals surface area contributed by atoms with Crippen molar-refractivity contribution < 1.29 is 4.74 Å². The number of hydrogen-bond donors (Lipinski definition) is 2. The van der Waals surface area contributed by atoms with E-state index >= 15 is 0 Å². The van der Waals surface area contributed by atoms with Gasteiger partial charge in [0.2, 0.25) is 5.88 Å². The predicted molar refractivity (Wildman–Crippen MR) is 77.5 cm³/mol. The second-order valence-corrected chi connectivity index (χ2v) is 4.78. The Kier molecular flexibility index (Phi) is 4.47. The highest BCUT2D eigenvalue weighted by molar-refractivity contribution is 5.36. The number of nitrogens with one attached hydrogen (secondary N) is 1. The molecule has 6 nitrogen and oxygen atoms in total. The van der Waals surface area contributed by atoms with E-state index in [-0.39, 0.29) is 0 Å². The number of hydrogen-bond acceptors (Lipinski definition) is 6. The van der Waals surface area contributed by atoms with Gasteiger partial charge >= 0.3 is 0 Å². The lowest BCUT2D eigenvalue weighted by molar-refractivity contribution is 0.397. The zero-order valence-electron chi connectivity index (χ0n) is 11.9. The molecule has 0 aliphatic carbocycles. The summed E-state index contributed by atoms with van der Waals surface area (Å²) in [6.45, 7) is 4.17. The molecule has 2 rings (SSSR count). The van der Waals surface area contributed by atoms with Gasteiger partial charge in [-0.3, -0.25) is 0 Å². The molecule has 0 saturated carbocycles. The minimum atomic E-state index is 0.317. The van der Waals surface area contributed by atoms with Crippen LogP contribution in [0.25, 0.3) is 0 Å². The van der Waals surface area contributed by atoms with Crippen LogP contribution in [0.2, 0.25) is 0 Å². The van der Waals surface area contributed by atoms with Gasteiger partial charge in [0.1, 0.15) is 11.6 Å². The number of nitrogens with zero attached hydrogens (tertiary/aromatic N) is 3. The Labute approximate surface area is 118 Å². The lowest BCUT2D eigenvalue weighted by Gasteiger charge is -2.10. The van der Waals surface area contributed by atoms with Crippen molar-refractivity contribution in [3.05, 3.63) is 41.5 Å². The zero-order chi connectivity index (χ0) is 14.5. The highest BCUT2D eigenvalue weighted by atomic mass is 16.5. The Morgan fingerprint density at radius 3 is 2.65 bits per heavy atom. The number of hydrazine groups is 1. The second kappa shape index (κ2) is 6.29. The molecule has 0 spiro atoms. The van der Waals surface area contributed by atoms with Crippen LogP contribution < -0.4 is 16.0 Å². The fourth-order valence-electron chi connectivity index (χ4n) is 1.79. The molecule has 0 aromatic carbocycles. The maximum Gasteiger partial charge on any atom is 0.212 e. The average molecular weight is 273 g/mol. The standard InChI is InChI=1S/C14H19N5O/c1-9(2)11-7-13(19-15)18-12(17-11)6-10-4-5-14(20-3)16-8-10/h4-5,7-9H,6,15H2,1-3H3,(H,17,18,19). The maximum atomic E-state index is 5.45. The molecule has 20 heavy (non-hydrogen) atoms. The molecule has 2 aromatic rings. The molecule has 0 unspecified atom stereocenters. The van der Waals surface area contributed by atoms with Crippen LogP contribution in [0.15, 0.2) is 24.4 Å². The van der Waals surface area contributed by atoms with Gasteiger partial charge < -0.3 is 10.2 Å². The minimum Gasteiger partial charge on any atom is -0.481 e. The molecule has 2 heterocycles. The summed E-state index contributed by atoms with van der Waals surface area (Å²) in [7, 11) is 1.59. The number of ether oxygens (including phenoxy) is 1. The van der Waals surface area contributed by atoms with Crippen molar-refractivity contribution in [3.63, 3.8) is 0 Å². The first kappa shape index (κ1) is 14.2. The number of nitrogen functional groups attached to an aromatic ring is 1. The molecule has 3 N–H and O–H groups in total. The van der Waals surface area contributed by atoms with E-state index in [1.54, 1.807) is 13.3 Å². The lowest BCUT2D eigenvalue weighted by Crippen LogP contribution is -2.12. The van der Waals surface area contributed by atoms with Gasteiger partial charge in [-0.25, -0.2) is 20.8 Å². The van der Waals surface area contributed by atoms with E-state index < -0.39 is 0 Å². The van der Waals surface area contributed by atoms with E-state index in [0.717, 1.165) is 17.1 Å². The summed E-state index contributed by atoms with van der Waals surface area (Å²) in [6.07, 6.45) is 2.37. The van der Waals surface area contributed by atoms with Crippen LogP contribution >= 0.6 is 0 Å². The van der Waals surface area contributed by atoms with E-state index in [1.807, 2.05) is 18.2 Å². The van der Waals surface area contributed by atoms with Gasteiger partial charge in [-0.2, -0.15) is 0 Å². The van der Waals surface area contributed by atoms with Gasteiger partial charge in [0, 0.05) is 30.4 Å². The maximum absolute atomic E-state index is 5.45. The first-order valence-electron chi connectivity index (χ1n) is 6.45. The molecule has 0 aliphatic heterocycles. The predicted octanol–water partition coefficient (Wildman–Crippen LogP) is 1.88. The van der Waals surface area contributed by atoms with Crippen molar-refractivity contribution in [2.75, 3.05) is 12.5 Å². The smallest absolute Gasteiger partial charge is 0.212 e. The molecule has 0 saturated heterocycles. The van der Waals surface area contributed by atoms with Crippen LogP contribution in [0.4, 0.5) is 5.82 Å². The third-order valence-corrected chi connectivity index (χ3v) is 2.90. The van der Waals surface area contributed by atoms with Gasteiger partial charge in [0.05, 0.1) is 7.11 Å².